The van der Waals surface area contributed by atoms with Crippen LogP contribution in [0.15, 0.2) is 49.1 Å². The Hall–Kier alpha value is -2.50. The fourth-order valence-electron chi connectivity index (χ4n) is 6.09. The van der Waals surface area contributed by atoms with Crippen LogP contribution in [0.25, 0.3) is 0 Å². The van der Waals surface area contributed by atoms with Gasteiger partial charge in [0.25, 0.3) is 0 Å². The van der Waals surface area contributed by atoms with Crippen LogP contribution < -0.4 is 9.64 Å². The van der Waals surface area contributed by atoms with Gasteiger partial charge in [0.1, 0.15) is 5.75 Å². The van der Waals surface area contributed by atoms with Crippen molar-refractivity contribution < 1.29 is 19.4 Å². The van der Waals surface area contributed by atoms with Crippen LogP contribution in [0.2, 0.25) is 5.02 Å². The summed E-state index contributed by atoms with van der Waals surface area (Å²) in [5.41, 5.74) is 3.87. The first-order valence-electron chi connectivity index (χ1n) is 12.1. The molecule has 0 radical (unpaired) electrons. The Morgan fingerprint density at radius 2 is 2.21 bits per heavy atom. The zero-order valence-corrected chi connectivity index (χ0v) is 20.4. The summed E-state index contributed by atoms with van der Waals surface area (Å²) < 4.78 is 11.4. The summed E-state index contributed by atoms with van der Waals surface area (Å²) >= 11 is 6.34. The lowest BCUT2D eigenvalue weighted by Crippen LogP contribution is -2.49. The summed E-state index contributed by atoms with van der Waals surface area (Å²) in [5.74, 6) is 0.988. The molecule has 6 heteroatoms. The number of carbonyl (C=O) groups excluding carboxylic acids is 1. The van der Waals surface area contributed by atoms with E-state index in [2.05, 4.69) is 23.6 Å². The van der Waals surface area contributed by atoms with E-state index < -0.39 is 6.10 Å². The molecule has 0 saturated heterocycles. The molecule has 1 saturated carbocycles. The molecule has 180 valence electrons. The van der Waals surface area contributed by atoms with Gasteiger partial charge in [-0.3, -0.25) is 0 Å². The molecule has 1 heterocycles. The first-order chi connectivity index (χ1) is 16.4. The average molecular weight is 482 g/mol. The molecule has 2 aromatic carbocycles. The van der Waals surface area contributed by atoms with E-state index in [1.807, 2.05) is 18.2 Å². The van der Waals surface area contributed by atoms with E-state index in [1.165, 1.54) is 18.2 Å². The number of nitrogens with zero attached hydrogens (tertiary/aromatic N) is 1. The SMILES string of the molecule is C=CC(O)[C@@H]1CC[C@H]1CN1CC2(CCCc3cc(Cl)ccc32)COc2ccc(C(=O)OC)cc21. The van der Waals surface area contributed by atoms with Gasteiger partial charge in [0.05, 0.1) is 31.1 Å². The van der Waals surface area contributed by atoms with Crippen molar-refractivity contribution in [2.24, 2.45) is 11.8 Å². The third-order valence-electron chi connectivity index (χ3n) is 8.07. The first kappa shape index (κ1) is 23.3. The van der Waals surface area contributed by atoms with E-state index in [0.29, 0.717) is 18.1 Å². The summed E-state index contributed by atoms with van der Waals surface area (Å²) in [7, 11) is 1.40. The van der Waals surface area contributed by atoms with Gasteiger partial charge >= 0.3 is 5.97 Å². The number of halogens is 1. The van der Waals surface area contributed by atoms with Crippen molar-refractivity contribution in [1.29, 1.82) is 0 Å². The second-order valence-corrected chi connectivity index (χ2v) is 10.4. The molecule has 3 aliphatic rings. The van der Waals surface area contributed by atoms with Gasteiger partial charge in [-0.25, -0.2) is 4.79 Å². The number of methoxy groups -OCH3 is 1. The van der Waals surface area contributed by atoms with Crippen LogP contribution in [0, 0.1) is 11.8 Å². The quantitative estimate of drug-likeness (QED) is 0.471. The van der Waals surface area contributed by atoms with Crippen LogP contribution >= 0.6 is 11.6 Å². The molecule has 2 unspecified atom stereocenters. The number of hydrogen-bond acceptors (Lipinski definition) is 5. The molecule has 0 amide bonds. The van der Waals surface area contributed by atoms with E-state index in [1.54, 1.807) is 12.1 Å². The van der Waals surface area contributed by atoms with Gasteiger partial charge in [0.2, 0.25) is 0 Å². The number of rotatable bonds is 5. The Bertz CT molecular complexity index is 1100. The summed E-state index contributed by atoms with van der Waals surface area (Å²) in [6.45, 7) is 5.94. The zero-order chi connectivity index (χ0) is 23.9. The second kappa shape index (κ2) is 9.27. The minimum atomic E-state index is -0.491. The van der Waals surface area contributed by atoms with Crippen LogP contribution in [-0.2, 0) is 16.6 Å². The van der Waals surface area contributed by atoms with Crippen molar-refractivity contribution in [2.45, 2.75) is 43.6 Å². The summed E-state index contributed by atoms with van der Waals surface area (Å²) in [5, 5.41) is 11.2. The minimum Gasteiger partial charge on any atom is -0.490 e. The normalized spacial score (nSPS) is 26.4. The molecule has 1 aliphatic heterocycles. The van der Waals surface area contributed by atoms with Crippen LogP contribution in [0.3, 0.4) is 0 Å². The number of carbonyl (C=O) groups is 1. The van der Waals surface area contributed by atoms with E-state index >= 15 is 0 Å². The number of aliphatic hydroxyl groups excluding tert-OH is 1. The monoisotopic (exact) mass is 481 g/mol. The van der Waals surface area contributed by atoms with Crippen molar-refractivity contribution in [1.82, 2.24) is 0 Å². The third-order valence-corrected chi connectivity index (χ3v) is 8.30. The fourth-order valence-corrected chi connectivity index (χ4v) is 6.28. The van der Waals surface area contributed by atoms with E-state index in [-0.39, 0.29) is 17.3 Å². The van der Waals surface area contributed by atoms with Gasteiger partial charge in [-0.2, -0.15) is 0 Å². The molecule has 0 aromatic heterocycles. The molecule has 4 atom stereocenters. The molecule has 1 fully saturated rings. The van der Waals surface area contributed by atoms with E-state index in [0.717, 1.165) is 61.7 Å². The topological polar surface area (TPSA) is 59.0 Å². The molecule has 2 aliphatic carbocycles. The predicted molar refractivity (Wildman–Crippen MR) is 134 cm³/mol. The van der Waals surface area contributed by atoms with Crippen molar-refractivity contribution in [3.63, 3.8) is 0 Å². The van der Waals surface area contributed by atoms with Crippen molar-refractivity contribution in [3.8, 4) is 5.75 Å². The van der Waals surface area contributed by atoms with Gasteiger partial charge in [-0.15, -0.1) is 6.58 Å². The molecule has 5 nitrogen and oxygen atoms in total. The largest absolute Gasteiger partial charge is 0.490 e. The Balaban J connectivity index is 1.55. The minimum absolute atomic E-state index is 0.168. The van der Waals surface area contributed by atoms with Crippen molar-refractivity contribution in [3.05, 3.63) is 70.8 Å². The maximum Gasteiger partial charge on any atom is 0.337 e. The van der Waals surface area contributed by atoms with E-state index in [4.69, 9.17) is 21.1 Å². The maximum absolute atomic E-state index is 12.3. The number of esters is 1. The molecule has 0 bridgehead atoms. The van der Waals surface area contributed by atoms with Crippen LogP contribution in [0.4, 0.5) is 5.69 Å². The van der Waals surface area contributed by atoms with Gasteiger partial charge in [0, 0.05) is 23.5 Å². The Kier molecular flexibility index (Phi) is 6.34. The highest BCUT2D eigenvalue weighted by molar-refractivity contribution is 6.30. The highest BCUT2D eigenvalue weighted by atomic mass is 35.5. The summed E-state index contributed by atoms with van der Waals surface area (Å²) in [6, 6.07) is 11.8. The van der Waals surface area contributed by atoms with Crippen molar-refractivity contribution in [2.75, 3.05) is 31.7 Å². The lowest BCUT2D eigenvalue weighted by molar-refractivity contribution is 0.0460. The molecule has 5 rings (SSSR count). The van der Waals surface area contributed by atoms with Gasteiger partial charge in [0.15, 0.2) is 0 Å². The zero-order valence-electron chi connectivity index (χ0n) is 19.6. The molecule has 34 heavy (non-hydrogen) atoms. The highest BCUT2D eigenvalue weighted by Gasteiger charge is 2.44. The molecule has 1 spiro atoms. The number of hydrogen-bond donors (Lipinski definition) is 1. The molecular weight excluding hydrogens is 450 g/mol. The summed E-state index contributed by atoms with van der Waals surface area (Å²) in [4.78, 5) is 14.7. The van der Waals surface area contributed by atoms with Crippen molar-refractivity contribution >= 4 is 23.3 Å². The molecule has 2 aromatic rings. The smallest absolute Gasteiger partial charge is 0.337 e. The molecule has 1 N–H and O–H groups in total. The second-order valence-electron chi connectivity index (χ2n) is 10.0. The van der Waals surface area contributed by atoms with Crippen LogP contribution in [0.5, 0.6) is 5.75 Å². The number of aryl methyl sites for hydroxylation is 1. The van der Waals surface area contributed by atoms with Gasteiger partial charge in [-0.05, 0) is 85.4 Å². The number of ether oxygens (including phenoxy) is 2. The van der Waals surface area contributed by atoms with E-state index in [9.17, 15) is 9.90 Å². The maximum atomic E-state index is 12.3. The van der Waals surface area contributed by atoms with Gasteiger partial charge < -0.3 is 19.5 Å². The van der Waals surface area contributed by atoms with Gasteiger partial charge in [-0.1, -0.05) is 23.7 Å². The molecular formula is C28H32ClNO4. The average Bonchev–Trinajstić information content (AvgIpc) is 2.98. The highest BCUT2D eigenvalue weighted by Crippen LogP contribution is 2.46. The lowest BCUT2D eigenvalue weighted by Gasteiger charge is -2.45. The number of anilines is 1. The Morgan fingerprint density at radius 1 is 1.35 bits per heavy atom. The van der Waals surface area contributed by atoms with Crippen LogP contribution in [-0.4, -0.2) is 44.0 Å². The number of aliphatic hydroxyl groups is 1. The standard InChI is InChI=1S/C28H32ClNO4/c1-3-25(31)22-9-6-20(22)15-30-16-28(12-4-5-18-13-21(29)8-10-23(18)28)17-34-26-11-7-19(14-24(26)30)27(32)33-2/h3,7-8,10-11,13-14,20,22,25,31H,1,4-6,9,12,15-17H2,2H3/t20-,22+,25?,28?/m0/s1. The Labute approximate surface area is 206 Å². The number of fused-ring (bicyclic) bond motifs is 3. The Morgan fingerprint density at radius 3 is 2.94 bits per heavy atom. The number of benzene rings is 2. The van der Waals surface area contributed by atoms with Crippen LogP contribution in [0.1, 0.15) is 47.2 Å². The fraction of sp³-hybridized carbons (Fsp3) is 0.464. The lowest BCUT2D eigenvalue weighted by atomic mass is 9.68. The summed E-state index contributed by atoms with van der Waals surface area (Å²) in [6.07, 6.45) is 6.35. The third kappa shape index (κ3) is 4.09. The first-order valence-corrected chi connectivity index (χ1v) is 12.5. The predicted octanol–water partition coefficient (Wildman–Crippen LogP) is 5.17.